The molecular formula is C18H19NO5. The molecule has 0 aliphatic carbocycles. The number of nitrogens with zero attached hydrogens (tertiary/aromatic N) is 1. The summed E-state index contributed by atoms with van der Waals surface area (Å²) in [5, 5.41) is 0. The average Bonchev–Trinajstić information content (AvgIpc) is 3.23. The van der Waals surface area contributed by atoms with E-state index in [1.54, 1.807) is 18.9 Å². The van der Waals surface area contributed by atoms with Crippen molar-refractivity contribution < 1.29 is 23.8 Å². The van der Waals surface area contributed by atoms with Gasteiger partial charge in [0, 0.05) is 0 Å². The smallest absolute Gasteiger partial charge is 0.312 e. The maximum atomic E-state index is 13.1. The molecule has 6 nitrogen and oxygen atoms in total. The Bertz CT molecular complexity index is 730. The summed E-state index contributed by atoms with van der Waals surface area (Å²) in [4.78, 5) is 27.1. The van der Waals surface area contributed by atoms with Crippen LogP contribution in [0, 0.1) is 11.8 Å². The molecule has 2 bridgehead atoms. The van der Waals surface area contributed by atoms with Gasteiger partial charge in [0.2, 0.25) is 5.91 Å². The Hall–Kier alpha value is -2.34. The SMILES string of the molecule is CCOC(=O)[C@H]1[C@H]2C(=O)N(c3ccccc3OC)C[C@]23C=C[C@H]1O3. The normalized spacial score (nSPS) is 33.0. The fourth-order valence-corrected chi connectivity index (χ4v) is 4.06. The molecule has 3 aliphatic heterocycles. The van der Waals surface area contributed by atoms with Gasteiger partial charge >= 0.3 is 5.97 Å². The lowest BCUT2D eigenvalue weighted by Gasteiger charge is -2.22. The zero-order valence-corrected chi connectivity index (χ0v) is 13.6. The molecule has 3 heterocycles. The molecule has 1 aromatic carbocycles. The number of ether oxygens (including phenoxy) is 3. The van der Waals surface area contributed by atoms with Crippen LogP contribution in [0.2, 0.25) is 0 Å². The molecule has 1 aromatic rings. The molecule has 3 aliphatic rings. The van der Waals surface area contributed by atoms with Gasteiger partial charge in [0.1, 0.15) is 17.3 Å². The molecule has 126 valence electrons. The van der Waals surface area contributed by atoms with Crippen LogP contribution in [0.3, 0.4) is 0 Å². The summed E-state index contributed by atoms with van der Waals surface area (Å²) >= 11 is 0. The number of carbonyl (C=O) groups excluding carboxylic acids is 2. The Morgan fingerprint density at radius 3 is 2.96 bits per heavy atom. The van der Waals surface area contributed by atoms with E-state index in [-0.39, 0.29) is 24.6 Å². The number of benzene rings is 1. The molecule has 0 aromatic heterocycles. The second-order valence-corrected chi connectivity index (χ2v) is 6.25. The fraction of sp³-hybridized carbons (Fsp3) is 0.444. The summed E-state index contributed by atoms with van der Waals surface area (Å²) < 4.78 is 16.6. The largest absolute Gasteiger partial charge is 0.495 e. The van der Waals surface area contributed by atoms with E-state index in [1.165, 1.54) is 0 Å². The van der Waals surface area contributed by atoms with Crippen LogP contribution in [0.4, 0.5) is 5.69 Å². The van der Waals surface area contributed by atoms with E-state index < -0.39 is 17.4 Å². The summed E-state index contributed by atoms with van der Waals surface area (Å²) in [6.45, 7) is 2.42. The molecule has 6 heteroatoms. The van der Waals surface area contributed by atoms with Gasteiger partial charge in [-0.2, -0.15) is 0 Å². The highest BCUT2D eigenvalue weighted by molar-refractivity contribution is 6.03. The van der Waals surface area contributed by atoms with Gasteiger partial charge in [-0.15, -0.1) is 0 Å². The number of carbonyl (C=O) groups is 2. The van der Waals surface area contributed by atoms with Gasteiger partial charge in [-0.3, -0.25) is 9.59 Å². The van der Waals surface area contributed by atoms with Crippen LogP contribution in [0.25, 0.3) is 0 Å². The summed E-state index contributed by atoms with van der Waals surface area (Å²) in [6.07, 6.45) is 3.42. The molecule has 0 saturated carbocycles. The van der Waals surface area contributed by atoms with E-state index in [4.69, 9.17) is 14.2 Å². The van der Waals surface area contributed by atoms with Gasteiger partial charge in [-0.05, 0) is 19.1 Å². The number of para-hydroxylation sites is 2. The van der Waals surface area contributed by atoms with E-state index >= 15 is 0 Å². The van der Waals surface area contributed by atoms with Crippen molar-refractivity contribution in [1.82, 2.24) is 0 Å². The number of esters is 1. The van der Waals surface area contributed by atoms with Gasteiger partial charge in [0.15, 0.2) is 0 Å². The van der Waals surface area contributed by atoms with Gasteiger partial charge in [0.25, 0.3) is 0 Å². The Balaban J connectivity index is 1.71. The molecule has 4 atom stereocenters. The third-order valence-electron chi connectivity index (χ3n) is 5.04. The number of fused-ring (bicyclic) bond motifs is 1. The van der Waals surface area contributed by atoms with Gasteiger partial charge < -0.3 is 19.1 Å². The minimum absolute atomic E-state index is 0.121. The van der Waals surface area contributed by atoms with Crippen LogP contribution in [-0.2, 0) is 19.1 Å². The number of hydrogen-bond donors (Lipinski definition) is 0. The number of amides is 1. The molecule has 4 rings (SSSR count). The maximum Gasteiger partial charge on any atom is 0.312 e. The van der Waals surface area contributed by atoms with E-state index in [0.29, 0.717) is 18.0 Å². The Morgan fingerprint density at radius 2 is 2.21 bits per heavy atom. The van der Waals surface area contributed by atoms with Gasteiger partial charge in [-0.1, -0.05) is 24.3 Å². The molecular weight excluding hydrogens is 310 g/mol. The second kappa shape index (κ2) is 5.34. The first-order chi connectivity index (χ1) is 11.6. The lowest BCUT2D eigenvalue weighted by molar-refractivity contribution is -0.151. The van der Waals surface area contributed by atoms with Crippen molar-refractivity contribution in [3.8, 4) is 5.75 Å². The number of hydrogen-bond acceptors (Lipinski definition) is 5. The minimum atomic E-state index is -0.750. The standard InChI is InChI=1S/C18H19NO5/c1-3-23-17(21)14-13-8-9-18(24-13)10-19(16(20)15(14)18)11-6-4-5-7-12(11)22-2/h4-9,13-15H,3,10H2,1-2H3/t13-,14-,15+,18-/m1/s1. The maximum absolute atomic E-state index is 13.1. The molecule has 1 spiro atoms. The highest BCUT2D eigenvalue weighted by atomic mass is 16.6. The lowest BCUT2D eigenvalue weighted by Crippen LogP contribution is -2.40. The van der Waals surface area contributed by atoms with Crippen LogP contribution in [-0.4, -0.2) is 43.8 Å². The van der Waals surface area contributed by atoms with E-state index in [9.17, 15) is 9.59 Å². The van der Waals surface area contributed by atoms with Crippen molar-refractivity contribution in [1.29, 1.82) is 0 Å². The van der Waals surface area contributed by atoms with E-state index in [2.05, 4.69) is 0 Å². The average molecular weight is 329 g/mol. The molecule has 2 fully saturated rings. The predicted molar refractivity (Wildman–Crippen MR) is 85.7 cm³/mol. The summed E-state index contributed by atoms with van der Waals surface area (Å²) in [6, 6.07) is 7.36. The summed E-state index contributed by atoms with van der Waals surface area (Å²) in [7, 11) is 1.57. The van der Waals surface area contributed by atoms with Crippen molar-refractivity contribution >= 4 is 17.6 Å². The molecule has 0 radical (unpaired) electrons. The predicted octanol–water partition coefficient (Wildman–Crippen LogP) is 1.54. The van der Waals surface area contributed by atoms with Crippen LogP contribution in [0.5, 0.6) is 5.75 Å². The molecule has 0 N–H and O–H groups in total. The van der Waals surface area contributed by atoms with Crippen molar-refractivity contribution in [2.75, 3.05) is 25.2 Å². The van der Waals surface area contributed by atoms with Crippen molar-refractivity contribution in [2.45, 2.75) is 18.6 Å². The molecule has 24 heavy (non-hydrogen) atoms. The first-order valence-corrected chi connectivity index (χ1v) is 8.09. The monoisotopic (exact) mass is 329 g/mol. The van der Waals surface area contributed by atoms with Crippen LogP contribution in [0.15, 0.2) is 36.4 Å². The minimum Gasteiger partial charge on any atom is -0.495 e. The lowest BCUT2D eigenvalue weighted by atomic mass is 9.77. The second-order valence-electron chi connectivity index (χ2n) is 6.25. The Labute approximate surface area is 140 Å². The van der Waals surface area contributed by atoms with Crippen LogP contribution in [0.1, 0.15) is 6.92 Å². The van der Waals surface area contributed by atoms with Crippen LogP contribution >= 0.6 is 0 Å². The van der Waals surface area contributed by atoms with Crippen molar-refractivity contribution in [2.24, 2.45) is 11.8 Å². The van der Waals surface area contributed by atoms with E-state index in [1.807, 2.05) is 36.4 Å². The topological polar surface area (TPSA) is 65.1 Å². The Morgan fingerprint density at radius 1 is 1.42 bits per heavy atom. The zero-order chi connectivity index (χ0) is 16.9. The highest BCUT2D eigenvalue weighted by Crippen LogP contribution is 2.53. The quantitative estimate of drug-likeness (QED) is 0.619. The van der Waals surface area contributed by atoms with E-state index in [0.717, 1.165) is 0 Å². The number of rotatable bonds is 4. The third-order valence-corrected chi connectivity index (χ3v) is 5.04. The summed E-state index contributed by atoms with van der Waals surface area (Å²) in [5.74, 6) is -0.995. The van der Waals surface area contributed by atoms with Gasteiger partial charge in [-0.25, -0.2) is 0 Å². The third kappa shape index (κ3) is 1.92. The first kappa shape index (κ1) is 15.2. The first-order valence-electron chi connectivity index (χ1n) is 8.09. The van der Waals surface area contributed by atoms with Crippen molar-refractivity contribution in [3.05, 3.63) is 36.4 Å². The zero-order valence-electron chi connectivity index (χ0n) is 13.6. The van der Waals surface area contributed by atoms with Crippen molar-refractivity contribution in [3.63, 3.8) is 0 Å². The van der Waals surface area contributed by atoms with Gasteiger partial charge in [0.05, 0.1) is 38.0 Å². The number of methoxy groups -OCH3 is 1. The molecule has 0 unspecified atom stereocenters. The Kier molecular flexibility index (Phi) is 3.38. The van der Waals surface area contributed by atoms with Crippen LogP contribution < -0.4 is 9.64 Å². The fourth-order valence-electron chi connectivity index (χ4n) is 4.06. The molecule has 2 saturated heterocycles. The summed E-state index contributed by atoms with van der Waals surface area (Å²) in [5.41, 5.74) is -0.0585. The number of anilines is 1. The highest BCUT2D eigenvalue weighted by Gasteiger charge is 2.67. The molecule has 1 amide bonds.